The average molecular weight is 410 g/mol. The Balaban J connectivity index is 0.00000361. The van der Waals surface area contributed by atoms with Crippen LogP contribution in [0.5, 0.6) is 0 Å². The molecule has 0 bridgehead atoms. The van der Waals surface area contributed by atoms with Gasteiger partial charge in [0, 0.05) is 19.1 Å². The summed E-state index contributed by atoms with van der Waals surface area (Å²) in [6.45, 7) is 5.37. The maximum absolute atomic E-state index is 11.6. The second kappa shape index (κ2) is 10.9. The Morgan fingerprint density at radius 2 is 2.30 bits per heavy atom. The number of thiophene rings is 1. The number of amides is 1. The molecule has 1 aromatic heterocycles. The Hall–Kier alpha value is -0.830. The average Bonchev–Trinajstić information content (AvgIpc) is 2.91. The smallest absolute Gasteiger partial charge is 0.261 e. The molecule has 0 saturated heterocycles. The molecule has 0 fully saturated rings. The molecule has 114 valence electrons. The van der Waals surface area contributed by atoms with Crippen LogP contribution in [0.1, 0.15) is 36.4 Å². The highest BCUT2D eigenvalue weighted by molar-refractivity contribution is 14.0. The summed E-state index contributed by atoms with van der Waals surface area (Å²) in [7, 11) is 0. The zero-order valence-electron chi connectivity index (χ0n) is 11.9. The number of nitrogens with zero attached hydrogens (tertiary/aromatic N) is 1. The van der Waals surface area contributed by atoms with E-state index in [1.807, 2.05) is 17.5 Å². The molecule has 1 amide bonds. The summed E-state index contributed by atoms with van der Waals surface area (Å²) in [6, 6.07) is 4.01. The number of hydrogen-bond donors (Lipinski definition) is 3. The molecule has 4 N–H and O–H groups in total. The van der Waals surface area contributed by atoms with Crippen LogP contribution < -0.4 is 16.4 Å². The predicted molar refractivity (Wildman–Crippen MR) is 96.1 cm³/mol. The van der Waals surface area contributed by atoms with Crippen LogP contribution in [0.15, 0.2) is 22.5 Å². The third-order valence-corrected chi connectivity index (χ3v) is 3.52. The van der Waals surface area contributed by atoms with Crippen molar-refractivity contribution in [2.75, 3.05) is 13.1 Å². The fourth-order valence-corrected chi connectivity index (χ4v) is 2.02. The zero-order valence-corrected chi connectivity index (χ0v) is 15.0. The van der Waals surface area contributed by atoms with Gasteiger partial charge in [0.15, 0.2) is 5.96 Å². The van der Waals surface area contributed by atoms with Crippen molar-refractivity contribution < 1.29 is 4.79 Å². The van der Waals surface area contributed by atoms with Gasteiger partial charge in [-0.2, -0.15) is 0 Å². The summed E-state index contributed by atoms with van der Waals surface area (Å²) in [4.78, 5) is 16.6. The van der Waals surface area contributed by atoms with Crippen molar-refractivity contribution in [3.8, 4) is 0 Å². The lowest BCUT2D eigenvalue weighted by molar-refractivity contribution is 0.0957. The Morgan fingerprint density at radius 3 is 2.90 bits per heavy atom. The van der Waals surface area contributed by atoms with Crippen LogP contribution >= 0.6 is 35.3 Å². The monoisotopic (exact) mass is 410 g/mol. The number of hydrogen-bond acceptors (Lipinski definition) is 3. The van der Waals surface area contributed by atoms with E-state index in [-0.39, 0.29) is 29.9 Å². The van der Waals surface area contributed by atoms with E-state index >= 15 is 0 Å². The van der Waals surface area contributed by atoms with Gasteiger partial charge in [0.2, 0.25) is 0 Å². The van der Waals surface area contributed by atoms with Crippen molar-refractivity contribution in [2.45, 2.75) is 32.7 Å². The quantitative estimate of drug-likeness (QED) is 0.279. The molecule has 1 unspecified atom stereocenters. The molecule has 5 nitrogen and oxygen atoms in total. The van der Waals surface area contributed by atoms with Gasteiger partial charge in [-0.25, -0.2) is 0 Å². The minimum Gasteiger partial charge on any atom is -0.370 e. The van der Waals surface area contributed by atoms with Gasteiger partial charge < -0.3 is 16.4 Å². The lowest BCUT2D eigenvalue weighted by atomic mass is 10.3. The third-order valence-electron chi connectivity index (χ3n) is 2.65. The summed E-state index contributed by atoms with van der Waals surface area (Å²) in [5.41, 5.74) is 5.72. The molecule has 0 aromatic carbocycles. The Kier molecular flexibility index (Phi) is 10.4. The first kappa shape index (κ1) is 19.2. The molecule has 0 spiro atoms. The lowest BCUT2D eigenvalue weighted by Gasteiger charge is -2.11. The van der Waals surface area contributed by atoms with Crippen LogP contribution in [-0.4, -0.2) is 31.0 Å². The first-order valence-electron chi connectivity index (χ1n) is 6.51. The summed E-state index contributed by atoms with van der Waals surface area (Å²) in [5.74, 6) is 0.448. The predicted octanol–water partition coefficient (Wildman–Crippen LogP) is 2.19. The van der Waals surface area contributed by atoms with E-state index in [0.29, 0.717) is 25.1 Å². The molecular weight excluding hydrogens is 387 g/mol. The topological polar surface area (TPSA) is 79.5 Å². The molecule has 0 aliphatic carbocycles. The van der Waals surface area contributed by atoms with Crippen molar-refractivity contribution >= 4 is 47.2 Å². The fourth-order valence-electron chi connectivity index (χ4n) is 1.38. The van der Waals surface area contributed by atoms with Gasteiger partial charge in [-0.05, 0) is 31.2 Å². The van der Waals surface area contributed by atoms with Gasteiger partial charge >= 0.3 is 0 Å². The maximum Gasteiger partial charge on any atom is 0.261 e. The van der Waals surface area contributed by atoms with Crippen LogP contribution in [-0.2, 0) is 0 Å². The SMILES string of the molecule is CCC(C)NC(N)=NCCCNC(=O)c1cccs1.I. The number of guanidine groups is 1. The van der Waals surface area contributed by atoms with Crippen molar-refractivity contribution in [1.82, 2.24) is 10.6 Å². The highest BCUT2D eigenvalue weighted by atomic mass is 127. The first-order chi connectivity index (χ1) is 9.13. The zero-order chi connectivity index (χ0) is 14.1. The molecule has 7 heteroatoms. The summed E-state index contributed by atoms with van der Waals surface area (Å²) in [5, 5.41) is 7.83. The minimum absolute atomic E-state index is 0. The summed E-state index contributed by atoms with van der Waals surface area (Å²) in [6.07, 6.45) is 1.78. The number of carbonyl (C=O) groups is 1. The largest absolute Gasteiger partial charge is 0.370 e. The van der Waals surface area contributed by atoms with Crippen LogP contribution in [0, 0.1) is 0 Å². The first-order valence-corrected chi connectivity index (χ1v) is 7.39. The van der Waals surface area contributed by atoms with E-state index in [1.165, 1.54) is 11.3 Å². The van der Waals surface area contributed by atoms with Gasteiger partial charge in [-0.15, -0.1) is 35.3 Å². The molecule has 1 rings (SSSR count). The molecule has 0 saturated carbocycles. The number of carbonyl (C=O) groups excluding carboxylic acids is 1. The summed E-state index contributed by atoms with van der Waals surface area (Å²) < 4.78 is 0. The van der Waals surface area contributed by atoms with Crippen molar-refractivity contribution in [3.63, 3.8) is 0 Å². The van der Waals surface area contributed by atoms with E-state index in [0.717, 1.165) is 17.7 Å². The maximum atomic E-state index is 11.6. The van der Waals surface area contributed by atoms with Crippen LogP contribution in [0.2, 0.25) is 0 Å². The highest BCUT2D eigenvalue weighted by Crippen LogP contribution is 2.07. The van der Waals surface area contributed by atoms with Gasteiger partial charge in [0.25, 0.3) is 5.91 Å². The number of nitrogens with one attached hydrogen (secondary N) is 2. The van der Waals surface area contributed by atoms with E-state index in [1.54, 1.807) is 0 Å². The second-order valence-electron chi connectivity index (χ2n) is 4.31. The van der Waals surface area contributed by atoms with Crippen LogP contribution in [0.3, 0.4) is 0 Å². The summed E-state index contributed by atoms with van der Waals surface area (Å²) >= 11 is 1.44. The van der Waals surface area contributed by atoms with Gasteiger partial charge in [0.05, 0.1) is 4.88 Å². The van der Waals surface area contributed by atoms with E-state index in [4.69, 9.17) is 5.73 Å². The number of rotatable bonds is 7. The number of halogens is 1. The molecule has 1 atom stereocenters. The highest BCUT2D eigenvalue weighted by Gasteiger charge is 2.04. The molecule has 0 radical (unpaired) electrons. The Morgan fingerprint density at radius 1 is 1.55 bits per heavy atom. The van der Waals surface area contributed by atoms with E-state index in [9.17, 15) is 4.79 Å². The Bertz CT molecular complexity index is 409. The van der Waals surface area contributed by atoms with Gasteiger partial charge in [0.1, 0.15) is 0 Å². The molecule has 20 heavy (non-hydrogen) atoms. The molecule has 1 aromatic rings. The second-order valence-corrected chi connectivity index (χ2v) is 5.26. The molecule has 1 heterocycles. The lowest BCUT2D eigenvalue weighted by Crippen LogP contribution is -2.38. The fraction of sp³-hybridized carbons (Fsp3) is 0.538. The number of nitrogens with two attached hydrogens (primary N) is 1. The molecule has 0 aliphatic heterocycles. The van der Waals surface area contributed by atoms with Crippen molar-refractivity contribution in [3.05, 3.63) is 22.4 Å². The van der Waals surface area contributed by atoms with Crippen LogP contribution in [0.25, 0.3) is 0 Å². The van der Waals surface area contributed by atoms with Crippen LogP contribution in [0.4, 0.5) is 0 Å². The normalized spacial score (nSPS) is 12.4. The molecule has 0 aliphatic rings. The van der Waals surface area contributed by atoms with E-state index in [2.05, 4.69) is 29.5 Å². The van der Waals surface area contributed by atoms with Crippen molar-refractivity contribution in [1.29, 1.82) is 0 Å². The van der Waals surface area contributed by atoms with Crippen molar-refractivity contribution in [2.24, 2.45) is 10.7 Å². The number of aliphatic imine (C=N–C) groups is 1. The Labute approximate surface area is 141 Å². The van der Waals surface area contributed by atoms with Gasteiger partial charge in [-0.3, -0.25) is 9.79 Å². The van der Waals surface area contributed by atoms with E-state index < -0.39 is 0 Å². The molecular formula is C13H23IN4OS. The van der Waals surface area contributed by atoms with Gasteiger partial charge in [-0.1, -0.05) is 13.0 Å². The standard InChI is InChI=1S/C13H22N4OS.HI/c1-3-10(2)17-13(14)16-8-5-7-15-12(18)11-6-4-9-19-11;/h4,6,9-10H,3,5,7-8H2,1-2H3,(H,15,18)(H3,14,16,17);1H. The minimum atomic E-state index is -0.0234. The third kappa shape index (κ3) is 7.68.